The molecular weight excluding hydrogens is 690 g/mol. The number of amides is 1. The molecule has 0 aromatic heterocycles. The van der Waals surface area contributed by atoms with Crippen molar-refractivity contribution in [3.05, 3.63) is 48.6 Å². The molecule has 14 heteroatoms. The molecular formula is C39H67NO13. The molecule has 12 atom stereocenters. The standard InChI is InChI=1S/C39H67NO13/c1-3-5-7-9-11-13-15-17-19-21-23-31(44)40-27(28(43)22-20-18-16-14-12-10-8-6-4-2)26-50-38-36(49)34(47)37(30(25-42)52-38)53-39-35(48)33(46)32(45)29(24-41)51-39/h4,6-7,9,12,14,20,22,27-30,32-39,41-43,45-49H,3,5,8,10-11,13,15-19,21,23-26H2,1-2H3,(H,40,44)/b6-4+,9-7-,14-12+,22-20+. The van der Waals surface area contributed by atoms with E-state index in [1.54, 1.807) is 6.08 Å². The Morgan fingerprint density at radius 3 is 1.96 bits per heavy atom. The molecule has 0 bridgehead atoms. The van der Waals surface area contributed by atoms with Crippen LogP contribution in [0.4, 0.5) is 0 Å². The van der Waals surface area contributed by atoms with Crippen molar-refractivity contribution in [2.45, 2.75) is 171 Å². The smallest absolute Gasteiger partial charge is 0.220 e. The molecule has 2 aliphatic heterocycles. The summed E-state index contributed by atoms with van der Waals surface area (Å²) in [6.07, 6.45) is 10.7. The summed E-state index contributed by atoms with van der Waals surface area (Å²) in [4.78, 5) is 13.0. The molecule has 0 spiro atoms. The van der Waals surface area contributed by atoms with Crippen LogP contribution in [0.25, 0.3) is 0 Å². The predicted octanol–water partition coefficient (Wildman–Crippen LogP) is 1.81. The van der Waals surface area contributed by atoms with Gasteiger partial charge in [0.2, 0.25) is 5.91 Å². The molecule has 2 aliphatic rings. The second kappa shape index (κ2) is 27.5. The Hall–Kier alpha value is -2.05. The molecule has 0 aliphatic carbocycles. The topological polar surface area (TPSA) is 228 Å². The van der Waals surface area contributed by atoms with Crippen LogP contribution in [-0.2, 0) is 23.7 Å². The van der Waals surface area contributed by atoms with Gasteiger partial charge in [0.15, 0.2) is 12.6 Å². The van der Waals surface area contributed by atoms with Gasteiger partial charge in [0.1, 0.15) is 48.8 Å². The van der Waals surface area contributed by atoms with Crippen molar-refractivity contribution in [1.82, 2.24) is 5.32 Å². The second-order valence-electron chi connectivity index (χ2n) is 13.7. The fraction of sp³-hybridized carbons (Fsp3) is 0.769. The Balaban J connectivity index is 1.99. The normalized spacial score (nSPS) is 30.9. The molecule has 12 unspecified atom stereocenters. The Kier molecular flexibility index (Phi) is 24.5. The number of ether oxygens (including phenoxy) is 4. The third-order valence-corrected chi connectivity index (χ3v) is 9.29. The Labute approximate surface area is 314 Å². The molecule has 2 rings (SSSR count). The van der Waals surface area contributed by atoms with Crippen LogP contribution in [0, 0.1) is 0 Å². The highest BCUT2D eigenvalue weighted by Crippen LogP contribution is 2.29. The summed E-state index contributed by atoms with van der Waals surface area (Å²) in [5, 5.41) is 85.9. The van der Waals surface area contributed by atoms with Gasteiger partial charge in [-0.15, -0.1) is 0 Å². The zero-order valence-electron chi connectivity index (χ0n) is 31.5. The Morgan fingerprint density at radius 1 is 0.698 bits per heavy atom. The molecule has 1 amide bonds. The summed E-state index contributed by atoms with van der Waals surface area (Å²) in [6.45, 7) is 2.38. The lowest BCUT2D eigenvalue weighted by atomic mass is 9.97. The molecule has 2 fully saturated rings. The summed E-state index contributed by atoms with van der Waals surface area (Å²) >= 11 is 0. The van der Waals surface area contributed by atoms with E-state index >= 15 is 0 Å². The van der Waals surface area contributed by atoms with Crippen molar-refractivity contribution in [3.8, 4) is 0 Å². The lowest BCUT2D eigenvalue weighted by Crippen LogP contribution is -2.65. The fourth-order valence-electron chi connectivity index (χ4n) is 6.03. The van der Waals surface area contributed by atoms with Crippen LogP contribution in [0.3, 0.4) is 0 Å². The maximum atomic E-state index is 13.0. The van der Waals surface area contributed by atoms with Crippen molar-refractivity contribution in [3.63, 3.8) is 0 Å². The van der Waals surface area contributed by atoms with Crippen LogP contribution in [0.1, 0.15) is 97.3 Å². The third kappa shape index (κ3) is 17.1. The van der Waals surface area contributed by atoms with E-state index in [4.69, 9.17) is 18.9 Å². The van der Waals surface area contributed by atoms with Gasteiger partial charge in [0.25, 0.3) is 0 Å². The number of allylic oxidation sites excluding steroid dienone is 7. The monoisotopic (exact) mass is 757 g/mol. The quantitative estimate of drug-likeness (QED) is 0.0454. The summed E-state index contributed by atoms with van der Waals surface area (Å²) in [5.74, 6) is -0.274. The zero-order valence-corrected chi connectivity index (χ0v) is 31.5. The van der Waals surface area contributed by atoms with E-state index in [1.807, 2.05) is 19.1 Å². The molecule has 53 heavy (non-hydrogen) atoms. The van der Waals surface area contributed by atoms with E-state index in [9.17, 15) is 45.6 Å². The maximum Gasteiger partial charge on any atom is 0.220 e. The van der Waals surface area contributed by atoms with Crippen LogP contribution in [0.2, 0.25) is 0 Å². The predicted molar refractivity (Wildman–Crippen MR) is 198 cm³/mol. The molecule has 0 aromatic carbocycles. The van der Waals surface area contributed by atoms with Crippen molar-refractivity contribution >= 4 is 5.91 Å². The van der Waals surface area contributed by atoms with E-state index in [-0.39, 0.29) is 18.9 Å². The molecule has 0 saturated carbocycles. The summed E-state index contributed by atoms with van der Waals surface area (Å²) in [5.41, 5.74) is 0. The summed E-state index contributed by atoms with van der Waals surface area (Å²) in [6, 6.07) is -0.936. The number of carbonyl (C=O) groups excluding carboxylic acids is 1. The second-order valence-corrected chi connectivity index (χ2v) is 13.7. The minimum atomic E-state index is -1.79. The first-order chi connectivity index (χ1) is 25.6. The number of nitrogens with one attached hydrogen (secondary N) is 1. The summed E-state index contributed by atoms with van der Waals surface area (Å²) in [7, 11) is 0. The van der Waals surface area contributed by atoms with Gasteiger partial charge in [0, 0.05) is 6.42 Å². The van der Waals surface area contributed by atoms with Crippen LogP contribution < -0.4 is 5.32 Å². The van der Waals surface area contributed by atoms with E-state index in [0.29, 0.717) is 12.8 Å². The number of rotatable bonds is 26. The third-order valence-electron chi connectivity index (χ3n) is 9.29. The van der Waals surface area contributed by atoms with Gasteiger partial charge >= 0.3 is 0 Å². The molecule has 2 heterocycles. The number of aliphatic hydroxyl groups excluding tert-OH is 8. The van der Waals surface area contributed by atoms with Crippen LogP contribution in [0.5, 0.6) is 0 Å². The van der Waals surface area contributed by atoms with Crippen LogP contribution in [0.15, 0.2) is 48.6 Å². The number of hydrogen-bond donors (Lipinski definition) is 9. The average molecular weight is 758 g/mol. The molecule has 9 N–H and O–H groups in total. The highest BCUT2D eigenvalue weighted by atomic mass is 16.7. The fourth-order valence-corrected chi connectivity index (χ4v) is 6.03. The minimum absolute atomic E-state index is 0.256. The lowest BCUT2D eigenvalue weighted by Gasteiger charge is -2.46. The van der Waals surface area contributed by atoms with Crippen molar-refractivity contribution < 1.29 is 64.6 Å². The van der Waals surface area contributed by atoms with Crippen molar-refractivity contribution in [2.24, 2.45) is 0 Å². The molecule has 0 radical (unpaired) electrons. The lowest BCUT2D eigenvalue weighted by molar-refractivity contribution is -0.359. The van der Waals surface area contributed by atoms with E-state index in [2.05, 4.69) is 42.6 Å². The van der Waals surface area contributed by atoms with Gasteiger partial charge in [-0.2, -0.15) is 0 Å². The minimum Gasteiger partial charge on any atom is -0.394 e. The van der Waals surface area contributed by atoms with Gasteiger partial charge in [-0.05, 0) is 58.3 Å². The first-order valence-electron chi connectivity index (χ1n) is 19.3. The molecule has 306 valence electrons. The van der Waals surface area contributed by atoms with Crippen molar-refractivity contribution in [1.29, 1.82) is 0 Å². The number of aliphatic hydroxyl groups is 8. The average Bonchev–Trinajstić information content (AvgIpc) is 3.15. The van der Waals surface area contributed by atoms with Gasteiger partial charge < -0.3 is 65.1 Å². The number of carbonyl (C=O) groups is 1. The Morgan fingerprint density at radius 2 is 1.28 bits per heavy atom. The molecule has 14 nitrogen and oxygen atoms in total. The van der Waals surface area contributed by atoms with Gasteiger partial charge in [-0.3, -0.25) is 4.79 Å². The highest BCUT2D eigenvalue weighted by Gasteiger charge is 2.50. The number of hydrogen-bond acceptors (Lipinski definition) is 13. The zero-order chi connectivity index (χ0) is 39.0. The van der Waals surface area contributed by atoms with Crippen molar-refractivity contribution in [2.75, 3.05) is 19.8 Å². The first-order valence-corrected chi connectivity index (χ1v) is 19.3. The molecule has 0 aromatic rings. The number of unbranched alkanes of at least 4 members (excludes halogenated alkanes) is 8. The van der Waals surface area contributed by atoms with Gasteiger partial charge in [0.05, 0.1) is 32.0 Å². The first kappa shape index (κ1) is 47.1. The van der Waals surface area contributed by atoms with E-state index < -0.39 is 86.8 Å². The van der Waals surface area contributed by atoms with Crippen LogP contribution in [-0.4, -0.2) is 140 Å². The summed E-state index contributed by atoms with van der Waals surface area (Å²) < 4.78 is 22.5. The van der Waals surface area contributed by atoms with Crippen LogP contribution >= 0.6 is 0 Å². The Bertz CT molecular complexity index is 1080. The largest absolute Gasteiger partial charge is 0.394 e. The molecule has 2 saturated heterocycles. The van der Waals surface area contributed by atoms with Gasteiger partial charge in [-0.25, -0.2) is 0 Å². The highest BCUT2D eigenvalue weighted by molar-refractivity contribution is 5.76. The van der Waals surface area contributed by atoms with E-state index in [1.165, 1.54) is 0 Å². The SMILES string of the molecule is C/C=C/CC/C=C/CC/C=C/C(O)C(COC1OC(CO)C(OC2OC(CO)C(O)C(O)C2O)C(O)C1O)NC(=O)CCCCCCC/C=C\CCC. The van der Waals surface area contributed by atoms with Gasteiger partial charge in [-0.1, -0.05) is 81.2 Å². The maximum absolute atomic E-state index is 13.0. The van der Waals surface area contributed by atoms with E-state index in [0.717, 1.165) is 64.2 Å².